The smallest absolute Gasteiger partial charge is 0.106 e. The predicted molar refractivity (Wildman–Crippen MR) is 155 cm³/mol. The van der Waals surface area contributed by atoms with Crippen LogP contribution in [0.15, 0.2) is 16.6 Å². The molecule has 0 radical (unpaired) electrons. The van der Waals surface area contributed by atoms with Crippen molar-refractivity contribution in [2.75, 3.05) is 13.1 Å². The Labute approximate surface area is 223 Å². The minimum atomic E-state index is -0.187. The summed E-state index contributed by atoms with van der Waals surface area (Å²) in [5.41, 5.74) is 3.88. The number of carbonyl (C=O) groups is 1. The lowest BCUT2D eigenvalue weighted by Gasteiger charge is -2.58. The van der Waals surface area contributed by atoms with Gasteiger partial charge in [-0.05, 0) is 113 Å². The van der Waals surface area contributed by atoms with Gasteiger partial charge < -0.3 is 15.2 Å². The molecule has 8 atom stereocenters. The van der Waals surface area contributed by atoms with E-state index in [1.165, 1.54) is 76.5 Å². The highest BCUT2D eigenvalue weighted by Gasteiger charge is 2.59. The fourth-order valence-corrected chi connectivity index (χ4v) is 8.91. The van der Waals surface area contributed by atoms with Gasteiger partial charge in [0.05, 0.1) is 6.10 Å². The monoisotopic (exact) mass is 502 g/mol. The van der Waals surface area contributed by atoms with E-state index in [-0.39, 0.29) is 6.10 Å². The Morgan fingerprint density at radius 1 is 1.03 bits per heavy atom. The average molecular weight is 503 g/mol. The van der Waals surface area contributed by atoms with E-state index in [4.69, 9.17) is 9.79 Å². The van der Waals surface area contributed by atoms with Crippen molar-refractivity contribution in [2.45, 2.75) is 131 Å². The fourth-order valence-electron chi connectivity index (χ4n) is 8.91. The second kappa shape index (κ2) is 14.2. The van der Waals surface area contributed by atoms with Gasteiger partial charge in [0.1, 0.15) is 6.79 Å². The van der Waals surface area contributed by atoms with E-state index in [0.29, 0.717) is 22.8 Å². The summed E-state index contributed by atoms with van der Waals surface area (Å²) in [5.74, 6) is 3.32. The number of hydrogen-bond acceptors (Lipinski definition) is 4. The molecule has 3 saturated carbocycles. The number of hydrogen-bond donors (Lipinski definition) is 2. The first-order chi connectivity index (χ1) is 17.4. The van der Waals surface area contributed by atoms with Gasteiger partial charge in [-0.25, -0.2) is 0 Å². The number of aliphatic hydroxyl groups is 1. The Kier molecular flexibility index (Phi) is 12.3. The molecular weight excluding hydrogens is 444 g/mol. The number of carbonyl (C=O) groups excluding carboxylic acids is 1. The van der Waals surface area contributed by atoms with Crippen molar-refractivity contribution < 1.29 is 9.90 Å². The normalized spacial score (nSPS) is 41.0. The van der Waals surface area contributed by atoms with Crippen molar-refractivity contribution in [1.29, 1.82) is 0 Å². The summed E-state index contributed by atoms with van der Waals surface area (Å²) in [7, 11) is 0. The lowest BCUT2D eigenvalue weighted by atomic mass is 9.46. The van der Waals surface area contributed by atoms with Gasteiger partial charge in [0, 0.05) is 24.2 Å². The summed E-state index contributed by atoms with van der Waals surface area (Å²) in [6.07, 6.45) is 16.2. The van der Waals surface area contributed by atoms with Crippen LogP contribution in [0.1, 0.15) is 119 Å². The molecule has 8 unspecified atom stereocenters. The Morgan fingerprint density at radius 2 is 1.75 bits per heavy atom. The molecule has 1 saturated heterocycles. The first kappa shape index (κ1) is 31.2. The van der Waals surface area contributed by atoms with Gasteiger partial charge in [0.2, 0.25) is 0 Å². The van der Waals surface area contributed by atoms with Gasteiger partial charge in [-0.1, -0.05) is 53.2 Å². The third-order valence-corrected chi connectivity index (χ3v) is 10.6. The van der Waals surface area contributed by atoms with Crippen LogP contribution in [0.5, 0.6) is 0 Å². The van der Waals surface area contributed by atoms with Crippen LogP contribution < -0.4 is 5.32 Å². The molecule has 5 aliphatic rings. The van der Waals surface area contributed by atoms with Crippen LogP contribution in [-0.2, 0) is 4.79 Å². The van der Waals surface area contributed by atoms with E-state index in [0.717, 1.165) is 30.7 Å². The Bertz CT molecular complexity index is 728. The SMILES string of the molecule is C=O.CC.CC.CC(=NCCC1CCCN1)C1CCC2C3CCC4=CC(O)CCC4(C)C3CCC12C. The molecule has 4 nitrogen and oxygen atoms in total. The number of aliphatic imine (C=N–C) groups is 1. The zero-order valence-corrected chi connectivity index (χ0v) is 24.7. The van der Waals surface area contributed by atoms with Gasteiger partial charge >= 0.3 is 0 Å². The minimum absolute atomic E-state index is 0.187. The van der Waals surface area contributed by atoms with Crippen LogP contribution in [0.25, 0.3) is 0 Å². The zero-order chi connectivity index (χ0) is 26.9. The van der Waals surface area contributed by atoms with Crippen molar-refractivity contribution in [2.24, 2.45) is 39.5 Å². The number of aliphatic hydroxyl groups excluding tert-OH is 1. The third kappa shape index (κ3) is 6.17. The van der Waals surface area contributed by atoms with Crippen molar-refractivity contribution in [3.8, 4) is 0 Å². The number of allylic oxidation sites excluding steroid dienone is 1. The highest BCUT2D eigenvalue weighted by atomic mass is 16.3. The van der Waals surface area contributed by atoms with E-state index in [2.05, 4.69) is 32.2 Å². The van der Waals surface area contributed by atoms with E-state index in [1.807, 2.05) is 34.5 Å². The molecule has 0 aromatic rings. The molecule has 0 aromatic carbocycles. The van der Waals surface area contributed by atoms with Crippen molar-refractivity contribution in [3.05, 3.63) is 11.6 Å². The van der Waals surface area contributed by atoms with E-state index in [1.54, 1.807) is 5.57 Å². The molecule has 2 N–H and O–H groups in total. The molecule has 36 heavy (non-hydrogen) atoms. The molecule has 5 rings (SSSR count). The van der Waals surface area contributed by atoms with Gasteiger partial charge in [0.15, 0.2) is 0 Å². The topological polar surface area (TPSA) is 61.7 Å². The molecule has 4 heteroatoms. The lowest BCUT2D eigenvalue weighted by molar-refractivity contribution is -0.0980. The molecule has 1 heterocycles. The highest BCUT2D eigenvalue weighted by Crippen LogP contribution is 2.66. The fraction of sp³-hybridized carbons (Fsp3) is 0.875. The molecular formula is C32H58N2O2. The molecule has 0 amide bonds. The van der Waals surface area contributed by atoms with Crippen LogP contribution in [0.3, 0.4) is 0 Å². The zero-order valence-electron chi connectivity index (χ0n) is 24.7. The molecule has 1 aliphatic heterocycles. The van der Waals surface area contributed by atoms with Crippen LogP contribution >= 0.6 is 0 Å². The summed E-state index contributed by atoms with van der Waals surface area (Å²) in [6.45, 7) is 19.7. The second-order valence-electron chi connectivity index (χ2n) is 11.9. The van der Waals surface area contributed by atoms with Gasteiger partial charge in [-0.3, -0.25) is 4.99 Å². The number of nitrogens with zero attached hydrogens (tertiary/aromatic N) is 1. The molecule has 0 bridgehead atoms. The predicted octanol–water partition coefficient (Wildman–Crippen LogP) is 7.40. The van der Waals surface area contributed by atoms with Crippen molar-refractivity contribution in [1.82, 2.24) is 5.32 Å². The van der Waals surface area contributed by atoms with Crippen LogP contribution in [-0.4, -0.2) is 42.8 Å². The van der Waals surface area contributed by atoms with Gasteiger partial charge in [-0.15, -0.1) is 0 Å². The number of fused-ring (bicyclic) bond motifs is 5. The lowest BCUT2D eigenvalue weighted by Crippen LogP contribution is -2.51. The van der Waals surface area contributed by atoms with E-state index >= 15 is 0 Å². The largest absolute Gasteiger partial charge is 0.389 e. The maximum Gasteiger partial charge on any atom is 0.106 e. The molecule has 0 spiro atoms. The summed E-state index contributed by atoms with van der Waals surface area (Å²) >= 11 is 0. The first-order valence-corrected chi connectivity index (χ1v) is 15.3. The maximum atomic E-state index is 10.2. The number of rotatable bonds is 4. The van der Waals surface area contributed by atoms with Crippen molar-refractivity contribution >= 4 is 12.5 Å². The standard InChI is InChI=1S/C27H44N2O.2C2H6.CH2O/c1-18(28-16-12-20-5-4-15-29-20)23-8-9-24-22-7-6-19-17-21(30)10-13-26(19,2)25(22)11-14-27(23,24)3;3*1-2/h17,20-25,29-30H,4-16H2,1-3H3;2*1-2H3;1H2. The van der Waals surface area contributed by atoms with Crippen LogP contribution in [0.4, 0.5) is 0 Å². The van der Waals surface area contributed by atoms with Gasteiger partial charge in [0.25, 0.3) is 0 Å². The van der Waals surface area contributed by atoms with E-state index in [9.17, 15) is 5.11 Å². The van der Waals surface area contributed by atoms with Crippen LogP contribution in [0.2, 0.25) is 0 Å². The average Bonchev–Trinajstić information content (AvgIpc) is 3.55. The highest BCUT2D eigenvalue weighted by molar-refractivity contribution is 5.85. The Morgan fingerprint density at radius 3 is 2.42 bits per heavy atom. The maximum absolute atomic E-state index is 10.2. The molecule has 4 aliphatic carbocycles. The van der Waals surface area contributed by atoms with Crippen LogP contribution in [0, 0.1) is 34.5 Å². The second-order valence-corrected chi connectivity index (χ2v) is 11.9. The van der Waals surface area contributed by atoms with Crippen molar-refractivity contribution in [3.63, 3.8) is 0 Å². The summed E-state index contributed by atoms with van der Waals surface area (Å²) in [5, 5.41) is 13.8. The summed E-state index contributed by atoms with van der Waals surface area (Å²) in [6, 6.07) is 0.711. The Hall–Kier alpha value is -1.00. The third-order valence-electron chi connectivity index (χ3n) is 10.6. The summed E-state index contributed by atoms with van der Waals surface area (Å²) < 4.78 is 0. The summed E-state index contributed by atoms with van der Waals surface area (Å²) in [4.78, 5) is 13.1. The van der Waals surface area contributed by atoms with E-state index < -0.39 is 0 Å². The minimum Gasteiger partial charge on any atom is -0.389 e. The van der Waals surface area contributed by atoms with Gasteiger partial charge in [-0.2, -0.15) is 0 Å². The first-order valence-electron chi connectivity index (χ1n) is 15.3. The molecule has 4 fully saturated rings. The molecule has 208 valence electrons. The Balaban J connectivity index is 0.000000710. The molecule has 0 aromatic heterocycles. The number of nitrogens with one attached hydrogen (secondary N) is 1. The quantitative estimate of drug-likeness (QED) is 0.311.